The van der Waals surface area contributed by atoms with Crippen molar-refractivity contribution in [2.45, 2.75) is 66.5 Å². The van der Waals surface area contributed by atoms with Crippen LogP contribution in [0.15, 0.2) is 67.2 Å². The monoisotopic (exact) mass is 475 g/mol. The van der Waals surface area contributed by atoms with Crippen LogP contribution >= 0.6 is 11.6 Å². The van der Waals surface area contributed by atoms with Crippen molar-refractivity contribution in [3.05, 3.63) is 106 Å². The summed E-state index contributed by atoms with van der Waals surface area (Å²) in [5, 5.41) is 4.50. The molecule has 0 aromatic heterocycles. The summed E-state index contributed by atoms with van der Waals surface area (Å²) in [6.45, 7) is 16.1. The number of hydrogen-bond acceptors (Lipinski definition) is 2. The smallest absolute Gasteiger partial charge is 0.119 e. The van der Waals surface area contributed by atoms with E-state index in [0.717, 1.165) is 36.3 Å². The van der Waals surface area contributed by atoms with Crippen LogP contribution in [0, 0.1) is 19.8 Å². The van der Waals surface area contributed by atoms with E-state index < -0.39 is 0 Å². The zero-order valence-corrected chi connectivity index (χ0v) is 22.0. The molecule has 1 unspecified atom stereocenters. The second-order valence-corrected chi connectivity index (χ2v) is 10.1. The van der Waals surface area contributed by atoms with Gasteiger partial charge < -0.3 is 10.1 Å². The molecule has 0 heterocycles. The average Bonchev–Trinajstić information content (AvgIpc) is 2.78. The van der Waals surface area contributed by atoms with E-state index in [1.165, 1.54) is 27.8 Å². The minimum absolute atomic E-state index is 0.217. The van der Waals surface area contributed by atoms with Crippen LogP contribution in [-0.4, -0.2) is 0 Å². The number of aryl methyl sites for hydroxylation is 3. The highest BCUT2D eigenvalue weighted by atomic mass is 35.5. The molecule has 180 valence electrons. The zero-order valence-electron chi connectivity index (χ0n) is 21.2. The fourth-order valence-corrected chi connectivity index (χ4v) is 4.55. The van der Waals surface area contributed by atoms with Gasteiger partial charge in [-0.3, -0.25) is 0 Å². The van der Waals surface area contributed by atoms with E-state index in [4.69, 9.17) is 16.3 Å². The van der Waals surface area contributed by atoms with Crippen molar-refractivity contribution < 1.29 is 4.74 Å². The lowest BCUT2D eigenvalue weighted by molar-refractivity contribution is 0.306. The topological polar surface area (TPSA) is 21.3 Å². The Labute approximate surface area is 211 Å². The molecular weight excluding hydrogens is 438 g/mol. The van der Waals surface area contributed by atoms with E-state index in [2.05, 4.69) is 82.9 Å². The molecule has 3 aromatic carbocycles. The molecule has 0 bridgehead atoms. The maximum atomic E-state index is 6.00. The molecule has 2 nitrogen and oxygen atoms in total. The molecule has 0 aliphatic rings. The third kappa shape index (κ3) is 7.40. The van der Waals surface area contributed by atoms with Gasteiger partial charge >= 0.3 is 0 Å². The van der Waals surface area contributed by atoms with E-state index in [-0.39, 0.29) is 6.04 Å². The molecule has 0 aliphatic carbocycles. The first-order valence-corrected chi connectivity index (χ1v) is 12.7. The fourth-order valence-electron chi connectivity index (χ4n) is 4.43. The number of halogens is 1. The lowest BCUT2D eigenvalue weighted by Gasteiger charge is -2.26. The van der Waals surface area contributed by atoms with E-state index in [0.29, 0.717) is 17.5 Å². The third-order valence-corrected chi connectivity index (χ3v) is 6.19. The second kappa shape index (κ2) is 12.1. The third-order valence-electron chi connectivity index (χ3n) is 5.94. The molecule has 1 atom stereocenters. The van der Waals surface area contributed by atoms with Crippen LogP contribution in [0.4, 0.5) is 0 Å². The molecule has 0 saturated carbocycles. The Morgan fingerprint density at radius 2 is 1.65 bits per heavy atom. The van der Waals surface area contributed by atoms with Crippen LogP contribution < -0.4 is 10.1 Å². The molecule has 0 fully saturated rings. The average molecular weight is 476 g/mol. The summed E-state index contributed by atoms with van der Waals surface area (Å²) in [5.74, 6) is 1.38. The Bertz CT molecular complexity index is 1080. The van der Waals surface area contributed by atoms with Crippen LogP contribution in [0.5, 0.6) is 5.75 Å². The van der Waals surface area contributed by atoms with E-state index in [1.807, 2.05) is 24.3 Å². The van der Waals surface area contributed by atoms with Gasteiger partial charge in [-0.15, -0.1) is 0 Å². The number of ether oxygens (including phenoxy) is 1. The standard InChI is InChI=1S/C31H38ClNO/c1-7-8-26-10-9-25(20-34-29-13-11-28(32)12-14-29)19-30(26)24(6)33-31(15-21(2)3)27-17-22(4)16-23(5)18-27/h9-14,16-19,21,31,33H,6-8,15,20H2,1-5H3. The molecule has 0 spiro atoms. The summed E-state index contributed by atoms with van der Waals surface area (Å²) in [6.07, 6.45) is 3.16. The van der Waals surface area contributed by atoms with Gasteiger partial charge in [-0.2, -0.15) is 0 Å². The van der Waals surface area contributed by atoms with Gasteiger partial charge in [0.25, 0.3) is 0 Å². The van der Waals surface area contributed by atoms with Crippen molar-refractivity contribution in [2.75, 3.05) is 0 Å². The van der Waals surface area contributed by atoms with Crippen LogP contribution in [0.1, 0.15) is 73.0 Å². The molecule has 3 heteroatoms. The quantitative estimate of drug-likeness (QED) is 0.299. The van der Waals surface area contributed by atoms with Gasteiger partial charge in [0.2, 0.25) is 0 Å². The molecule has 0 aliphatic heterocycles. The number of benzene rings is 3. The van der Waals surface area contributed by atoms with Crippen molar-refractivity contribution in [3.63, 3.8) is 0 Å². The SMILES string of the molecule is C=C(NC(CC(C)C)c1cc(C)cc(C)c1)c1cc(COc2ccc(Cl)cc2)ccc1CCC. The van der Waals surface area contributed by atoms with Crippen molar-refractivity contribution in [3.8, 4) is 5.75 Å². The largest absolute Gasteiger partial charge is 0.489 e. The summed E-state index contributed by atoms with van der Waals surface area (Å²) >= 11 is 5.99. The van der Waals surface area contributed by atoms with E-state index >= 15 is 0 Å². The number of nitrogens with one attached hydrogen (secondary N) is 1. The highest BCUT2D eigenvalue weighted by Gasteiger charge is 2.17. The number of rotatable bonds is 11. The zero-order chi connectivity index (χ0) is 24.7. The van der Waals surface area contributed by atoms with E-state index in [1.54, 1.807) is 0 Å². The van der Waals surface area contributed by atoms with Crippen molar-refractivity contribution in [1.29, 1.82) is 0 Å². The highest BCUT2D eigenvalue weighted by Crippen LogP contribution is 2.28. The van der Waals surface area contributed by atoms with Crippen LogP contribution in [0.2, 0.25) is 5.02 Å². The Kier molecular flexibility index (Phi) is 9.24. The van der Waals surface area contributed by atoms with Gasteiger partial charge in [-0.25, -0.2) is 0 Å². The maximum absolute atomic E-state index is 6.00. The predicted molar refractivity (Wildman–Crippen MR) is 147 cm³/mol. The van der Waals surface area contributed by atoms with E-state index in [9.17, 15) is 0 Å². The molecule has 0 amide bonds. The summed E-state index contributed by atoms with van der Waals surface area (Å²) < 4.78 is 6.00. The first kappa shape index (κ1) is 25.9. The first-order valence-electron chi connectivity index (χ1n) is 12.3. The van der Waals surface area contributed by atoms with Gasteiger partial charge in [-0.1, -0.05) is 86.8 Å². The number of hydrogen-bond donors (Lipinski definition) is 1. The van der Waals surface area contributed by atoms with Crippen LogP contribution in [0.25, 0.3) is 5.70 Å². The molecule has 0 radical (unpaired) electrons. The second-order valence-electron chi connectivity index (χ2n) is 9.71. The molecular formula is C31H38ClNO. The van der Waals surface area contributed by atoms with Crippen LogP contribution in [-0.2, 0) is 13.0 Å². The highest BCUT2D eigenvalue weighted by molar-refractivity contribution is 6.30. The Hall–Kier alpha value is -2.71. The summed E-state index contributed by atoms with van der Waals surface area (Å²) in [5.41, 5.74) is 8.51. The maximum Gasteiger partial charge on any atom is 0.119 e. The minimum Gasteiger partial charge on any atom is -0.489 e. The van der Waals surface area contributed by atoms with Gasteiger partial charge in [-0.05, 0) is 79.6 Å². The van der Waals surface area contributed by atoms with Gasteiger partial charge in [0, 0.05) is 16.3 Å². The molecule has 34 heavy (non-hydrogen) atoms. The van der Waals surface area contributed by atoms with Crippen molar-refractivity contribution >= 4 is 17.3 Å². The predicted octanol–water partition coefficient (Wildman–Crippen LogP) is 8.84. The lowest BCUT2D eigenvalue weighted by Crippen LogP contribution is -2.22. The normalized spacial score (nSPS) is 12.0. The summed E-state index contributed by atoms with van der Waals surface area (Å²) in [7, 11) is 0. The minimum atomic E-state index is 0.217. The molecule has 3 aromatic rings. The first-order chi connectivity index (χ1) is 16.2. The summed E-state index contributed by atoms with van der Waals surface area (Å²) in [4.78, 5) is 0. The van der Waals surface area contributed by atoms with Gasteiger partial charge in [0.05, 0.1) is 6.04 Å². The summed E-state index contributed by atoms with van der Waals surface area (Å²) in [6, 6.07) is 21.1. The van der Waals surface area contributed by atoms with Gasteiger partial charge in [0.1, 0.15) is 12.4 Å². The Morgan fingerprint density at radius 1 is 0.971 bits per heavy atom. The Balaban J connectivity index is 1.84. The molecule has 1 N–H and O–H groups in total. The van der Waals surface area contributed by atoms with Crippen LogP contribution in [0.3, 0.4) is 0 Å². The van der Waals surface area contributed by atoms with Crippen molar-refractivity contribution in [1.82, 2.24) is 5.32 Å². The Morgan fingerprint density at radius 3 is 2.26 bits per heavy atom. The molecule has 3 rings (SSSR count). The molecule has 0 saturated heterocycles. The van der Waals surface area contributed by atoms with Crippen molar-refractivity contribution in [2.24, 2.45) is 5.92 Å². The fraction of sp³-hybridized carbons (Fsp3) is 0.355. The van der Waals surface area contributed by atoms with Gasteiger partial charge in [0.15, 0.2) is 0 Å². The lowest BCUT2D eigenvalue weighted by atomic mass is 9.93.